The molecule has 0 radical (unpaired) electrons. The predicted octanol–water partition coefficient (Wildman–Crippen LogP) is 3.97. The topological polar surface area (TPSA) is 20.3 Å². The average molecular weight is 317 g/mol. The second kappa shape index (κ2) is 6.37. The maximum Gasteiger partial charge on any atom is 0.176 e. The summed E-state index contributed by atoms with van der Waals surface area (Å²) in [6, 6.07) is 21.4. The molecule has 2 heteroatoms. The van der Waals surface area contributed by atoms with Crippen LogP contribution in [-0.2, 0) is 11.2 Å². The van der Waals surface area contributed by atoms with Gasteiger partial charge in [0.05, 0.1) is 6.04 Å². The number of hydrogen-bond acceptors (Lipinski definition) is 2. The van der Waals surface area contributed by atoms with Gasteiger partial charge in [0.15, 0.2) is 5.78 Å². The molecule has 0 N–H and O–H groups in total. The molecular formula is C22H23NO. The molecule has 0 amide bonds. The number of rotatable bonds is 3. The van der Waals surface area contributed by atoms with Crippen molar-refractivity contribution in [2.75, 3.05) is 7.05 Å². The van der Waals surface area contributed by atoms with Gasteiger partial charge in [0.25, 0.3) is 0 Å². The minimum Gasteiger partial charge on any atom is -0.293 e. The number of Topliss-reactive ketones (excluding diaryl/α,β-unsaturated/α-hetero) is 1. The highest BCUT2D eigenvalue weighted by molar-refractivity contribution is 6.04. The summed E-state index contributed by atoms with van der Waals surface area (Å²) >= 11 is 0. The smallest absolute Gasteiger partial charge is 0.176 e. The van der Waals surface area contributed by atoms with Crippen LogP contribution in [0.3, 0.4) is 0 Å². The third-order valence-corrected chi connectivity index (χ3v) is 5.61. The minimum atomic E-state index is 0.0624. The number of nitrogens with zero attached hydrogens (tertiary/aromatic N) is 1. The maximum absolute atomic E-state index is 12.9. The number of likely N-dealkylation sites (N-methyl/N-ethyl adjacent to an activating group) is 1. The number of hydrogen-bond donors (Lipinski definition) is 0. The summed E-state index contributed by atoms with van der Waals surface area (Å²) in [5.74, 6) is 0.890. The summed E-state index contributed by atoms with van der Waals surface area (Å²) in [7, 11) is 2.12. The van der Waals surface area contributed by atoms with Crippen LogP contribution in [0.25, 0.3) is 6.08 Å². The molecule has 2 saturated heterocycles. The van der Waals surface area contributed by atoms with Gasteiger partial charge >= 0.3 is 0 Å². The van der Waals surface area contributed by atoms with Crippen molar-refractivity contribution in [3.05, 3.63) is 77.4 Å². The first-order valence-electron chi connectivity index (χ1n) is 8.78. The Bertz CT molecular complexity index is 750. The fourth-order valence-corrected chi connectivity index (χ4v) is 4.33. The van der Waals surface area contributed by atoms with E-state index in [4.69, 9.17) is 0 Å². The number of ketones is 1. The molecule has 2 aliphatic heterocycles. The van der Waals surface area contributed by atoms with Crippen molar-refractivity contribution in [2.24, 2.45) is 5.92 Å². The lowest BCUT2D eigenvalue weighted by Crippen LogP contribution is -2.44. The van der Waals surface area contributed by atoms with Gasteiger partial charge < -0.3 is 0 Å². The highest BCUT2D eigenvalue weighted by Crippen LogP contribution is 2.41. The Morgan fingerprint density at radius 1 is 1.04 bits per heavy atom. The fraction of sp³-hybridized carbons (Fsp3) is 0.318. The Kier molecular flexibility index (Phi) is 4.07. The molecule has 3 atom stereocenters. The summed E-state index contributed by atoms with van der Waals surface area (Å²) < 4.78 is 0. The Hall–Kier alpha value is -2.19. The van der Waals surface area contributed by atoms with E-state index in [1.54, 1.807) is 0 Å². The van der Waals surface area contributed by atoms with E-state index in [2.05, 4.69) is 60.5 Å². The van der Waals surface area contributed by atoms with Crippen LogP contribution >= 0.6 is 0 Å². The molecule has 0 spiro atoms. The van der Waals surface area contributed by atoms with Crippen molar-refractivity contribution in [2.45, 2.75) is 31.3 Å². The van der Waals surface area contributed by atoms with Crippen molar-refractivity contribution in [1.29, 1.82) is 0 Å². The first-order valence-corrected chi connectivity index (χ1v) is 8.78. The van der Waals surface area contributed by atoms with Gasteiger partial charge in [-0.05, 0) is 55.0 Å². The number of carbonyl (C=O) groups is 1. The molecule has 0 unspecified atom stereocenters. The van der Waals surface area contributed by atoms with Crippen LogP contribution in [0.2, 0.25) is 0 Å². The Balaban J connectivity index is 1.58. The van der Waals surface area contributed by atoms with Crippen LogP contribution in [0.4, 0.5) is 0 Å². The Labute approximate surface area is 143 Å². The maximum atomic E-state index is 12.9. The molecule has 2 bridgehead atoms. The van der Waals surface area contributed by atoms with Gasteiger partial charge in [-0.15, -0.1) is 0 Å². The molecule has 0 saturated carbocycles. The van der Waals surface area contributed by atoms with E-state index in [1.807, 2.05) is 18.2 Å². The summed E-state index contributed by atoms with van der Waals surface area (Å²) in [6.07, 6.45) is 5.03. The van der Waals surface area contributed by atoms with E-state index in [1.165, 1.54) is 5.56 Å². The molecule has 2 nitrogen and oxygen atoms in total. The molecule has 2 aromatic carbocycles. The van der Waals surface area contributed by atoms with Gasteiger partial charge in [-0.3, -0.25) is 9.69 Å². The molecule has 0 aromatic heterocycles. The van der Waals surface area contributed by atoms with E-state index in [9.17, 15) is 4.79 Å². The lowest BCUT2D eigenvalue weighted by molar-refractivity contribution is -0.121. The predicted molar refractivity (Wildman–Crippen MR) is 97.6 cm³/mol. The third-order valence-electron chi connectivity index (χ3n) is 5.61. The van der Waals surface area contributed by atoms with E-state index in [0.717, 1.165) is 30.4 Å². The Morgan fingerprint density at radius 3 is 2.42 bits per heavy atom. The number of benzene rings is 2. The lowest BCUT2D eigenvalue weighted by atomic mass is 9.89. The molecule has 2 aromatic rings. The minimum absolute atomic E-state index is 0.0624. The molecular weight excluding hydrogens is 294 g/mol. The number of fused-ring (bicyclic) bond motifs is 2. The van der Waals surface area contributed by atoms with Crippen LogP contribution in [0.1, 0.15) is 24.0 Å². The van der Waals surface area contributed by atoms with Crippen LogP contribution in [0.15, 0.2) is 66.2 Å². The lowest BCUT2D eigenvalue weighted by Gasteiger charge is -2.33. The normalized spacial score (nSPS) is 28.5. The van der Waals surface area contributed by atoms with E-state index in [-0.39, 0.29) is 6.04 Å². The average Bonchev–Trinajstić information content (AvgIpc) is 2.83. The monoisotopic (exact) mass is 317 g/mol. The van der Waals surface area contributed by atoms with E-state index < -0.39 is 0 Å². The molecule has 4 rings (SSSR count). The zero-order chi connectivity index (χ0) is 16.5. The van der Waals surface area contributed by atoms with E-state index in [0.29, 0.717) is 17.7 Å². The first-order chi connectivity index (χ1) is 11.7. The molecule has 0 aliphatic carbocycles. The standard InChI is InChI=1S/C22H23NO/c1-23-20-15-19(13-17-10-6-3-7-11-17)22(24)21(23)14-18(20)12-16-8-4-2-5-9-16/h2-11,13,18,20-21H,12,14-15H2,1H3/b19-13+/t18-,20-,21-/m1/s1. The van der Waals surface area contributed by atoms with E-state index >= 15 is 0 Å². The summed E-state index contributed by atoms with van der Waals surface area (Å²) in [5.41, 5.74) is 3.51. The van der Waals surface area contributed by atoms with Crippen molar-refractivity contribution in [1.82, 2.24) is 4.90 Å². The molecule has 2 fully saturated rings. The summed E-state index contributed by atoms with van der Waals surface area (Å²) in [6.45, 7) is 0. The highest BCUT2D eigenvalue weighted by atomic mass is 16.1. The zero-order valence-corrected chi connectivity index (χ0v) is 14.1. The van der Waals surface area contributed by atoms with Gasteiger partial charge in [0.1, 0.15) is 0 Å². The van der Waals surface area contributed by atoms with Crippen molar-refractivity contribution < 1.29 is 4.79 Å². The van der Waals surface area contributed by atoms with Gasteiger partial charge in [-0.1, -0.05) is 60.7 Å². The highest BCUT2D eigenvalue weighted by Gasteiger charge is 2.47. The van der Waals surface area contributed by atoms with Crippen LogP contribution in [0.5, 0.6) is 0 Å². The number of piperidine rings is 1. The summed E-state index contributed by atoms with van der Waals surface area (Å²) in [4.78, 5) is 15.2. The molecule has 2 heterocycles. The number of carbonyl (C=O) groups excluding carboxylic acids is 1. The SMILES string of the molecule is CN1[C@@H]2C[C@@H](Cc3ccccc3)[C@H]1C/C(=C\c1ccccc1)C2=O. The summed E-state index contributed by atoms with van der Waals surface area (Å²) in [5, 5.41) is 0. The van der Waals surface area contributed by atoms with Crippen LogP contribution < -0.4 is 0 Å². The quantitative estimate of drug-likeness (QED) is 0.798. The van der Waals surface area contributed by atoms with Crippen molar-refractivity contribution in [3.8, 4) is 0 Å². The molecule has 2 aliphatic rings. The first kappa shape index (κ1) is 15.3. The zero-order valence-electron chi connectivity index (χ0n) is 14.1. The van der Waals surface area contributed by atoms with Gasteiger partial charge in [-0.25, -0.2) is 0 Å². The second-order valence-corrected chi connectivity index (χ2v) is 7.08. The van der Waals surface area contributed by atoms with Crippen molar-refractivity contribution >= 4 is 11.9 Å². The fourth-order valence-electron chi connectivity index (χ4n) is 4.33. The van der Waals surface area contributed by atoms with Crippen LogP contribution in [-0.4, -0.2) is 29.8 Å². The molecule has 24 heavy (non-hydrogen) atoms. The second-order valence-electron chi connectivity index (χ2n) is 7.08. The Morgan fingerprint density at radius 2 is 1.71 bits per heavy atom. The largest absolute Gasteiger partial charge is 0.293 e. The van der Waals surface area contributed by atoms with Crippen molar-refractivity contribution in [3.63, 3.8) is 0 Å². The van der Waals surface area contributed by atoms with Gasteiger partial charge in [0.2, 0.25) is 0 Å². The van der Waals surface area contributed by atoms with Gasteiger partial charge in [0, 0.05) is 6.04 Å². The van der Waals surface area contributed by atoms with Gasteiger partial charge in [-0.2, -0.15) is 0 Å². The third kappa shape index (κ3) is 2.83. The van der Waals surface area contributed by atoms with Crippen LogP contribution in [0, 0.1) is 5.92 Å². The molecule has 122 valence electrons.